The molecule has 0 saturated heterocycles. The van der Waals surface area contributed by atoms with Crippen molar-refractivity contribution in [3.05, 3.63) is 53.5 Å². The predicted octanol–water partition coefficient (Wildman–Crippen LogP) is 3.47. The van der Waals surface area contributed by atoms with Gasteiger partial charge in [-0.15, -0.1) is 0 Å². The van der Waals surface area contributed by atoms with Gasteiger partial charge in [-0.05, 0) is 18.2 Å². The second kappa shape index (κ2) is 5.54. The maximum atomic E-state index is 11.5. The minimum atomic E-state index is 0.0290. The Balaban J connectivity index is 2.19. The summed E-state index contributed by atoms with van der Waals surface area (Å²) < 4.78 is 10.8. The number of ether oxygens (including phenoxy) is 1. The largest absolute Gasteiger partial charge is 0.496 e. The average molecular weight is 244 g/mol. The molecule has 2 rings (SSSR count). The molecule has 0 aliphatic carbocycles. The molecule has 0 saturated carbocycles. The van der Waals surface area contributed by atoms with Crippen LogP contribution in [0.2, 0.25) is 0 Å². The average Bonchev–Trinajstić information content (AvgIpc) is 2.87. The SMILES string of the molecule is CCC(=O)c1ccc(Cc2ccccc2OC)o1. The zero-order valence-corrected chi connectivity index (χ0v) is 10.6. The Bertz CT molecular complexity index is 540. The second-order valence-corrected chi connectivity index (χ2v) is 4.03. The van der Waals surface area contributed by atoms with Crippen molar-refractivity contribution < 1.29 is 13.9 Å². The van der Waals surface area contributed by atoms with E-state index in [1.54, 1.807) is 13.2 Å². The molecule has 0 aliphatic heterocycles. The van der Waals surface area contributed by atoms with Crippen LogP contribution in [-0.4, -0.2) is 12.9 Å². The lowest BCUT2D eigenvalue weighted by molar-refractivity contribution is 0.0960. The summed E-state index contributed by atoms with van der Waals surface area (Å²) in [5, 5.41) is 0. The summed E-state index contributed by atoms with van der Waals surface area (Å²) in [7, 11) is 1.65. The van der Waals surface area contributed by atoms with Gasteiger partial charge in [0, 0.05) is 18.4 Å². The molecule has 94 valence electrons. The van der Waals surface area contributed by atoms with Crippen molar-refractivity contribution in [1.29, 1.82) is 0 Å². The van der Waals surface area contributed by atoms with Crippen LogP contribution in [0, 0.1) is 0 Å². The fourth-order valence-corrected chi connectivity index (χ4v) is 1.83. The standard InChI is InChI=1S/C15H16O3/c1-3-13(16)15-9-8-12(18-15)10-11-6-4-5-7-14(11)17-2/h4-9H,3,10H2,1-2H3. The maximum Gasteiger partial charge on any atom is 0.197 e. The molecule has 3 nitrogen and oxygen atoms in total. The monoisotopic (exact) mass is 244 g/mol. The molecule has 0 amide bonds. The van der Waals surface area contributed by atoms with E-state index < -0.39 is 0 Å². The smallest absolute Gasteiger partial charge is 0.197 e. The summed E-state index contributed by atoms with van der Waals surface area (Å²) >= 11 is 0. The topological polar surface area (TPSA) is 39.4 Å². The van der Waals surface area contributed by atoms with E-state index in [0.29, 0.717) is 18.6 Å². The summed E-state index contributed by atoms with van der Waals surface area (Å²) in [4.78, 5) is 11.5. The first-order chi connectivity index (χ1) is 8.74. The Morgan fingerprint density at radius 2 is 2.00 bits per heavy atom. The Hall–Kier alpha value is -2.03. The van der Waals surface area contributed by atoms with Gasteiger partial charge in [-0.1, -0.05) is 25.1 Å². The molecule has 0 atom stereocenters. The van der Waals surface area contributed by atoms with E-state index in [2.05, 4.69) is 0 Å². The first-order valence-corrected chi connectivity index (χ1v) is 5.98. The molecule has 0 aliphatic rings. The highest BCUT2D eigenvalue weighted by Gasteiger charge is 2.10. The number of para-hydroxylation sites is 1. The number of methoxy groups -OCH3 is 1. The van der Waals surface area contributed by atoms with E-state index in [1.807, 2.05) is 37.3 Å². The van der Waals surface area contributed by atoms with Crippen molar-refractivity contribution in [2.45, 2.75) is 19.8 Å². The molecule has 0 fully saturated rings. The van der Waals surface area contributed by atoms with Crippen molar-refractivity contribution in [2.24, 2.45) is 0 Å². The molecule has 1 aromatic heterocycles. The molecule has 0 bridgehead atoms. The Morgan fingerprint density at radius 3 is 2.72 bits per heavy atom. The molecule has 0 spiro atoms. The van der Waals surface area contributed by atoms with E-state index in [-0.39, 0.29) is 5.78 Å². The lowest BCUT2D eigenvalue weighted by Gasteiger charge is -2.06. The fourth-order valence-electron chi connectivity index (χ4n) is 1.83. The molecule has 3 heteroatoms. The normalized spacial score (nSPS) is 10.3. The number of carbonyl (C=O) groups excluding carboxylic acids is 1. The van der Waals surface area contributed by atoms with Gasteiger partial charge in [0.2, 0.25) is 0 Å². The third-order valence-corrected chi connectivity index (χ3v) is 2.81. The summed E-state index contributed by atoms with van der Waals surface area (Å²) in [5.41, 5.74) is 1.05. The van der Waals surface area contributed by atoms with Crippen LogP contribution in [0.15, 0.2) is 40.8 Å². The molecule has 18 heavy (non-hydrogen) atoms. The van der Waals surface area contributed by atoms with Crippen LogP contribution in [-0.2, 0) is 6.42 Å². The van der Waals surface area contributed by atoms with Gasteiger partial charge in [-0.25, -0.2) is 0 Å². The van der Waals surface area contributed by atoms with E-state index in [9.17, 15) is 4.79 Å². The van der Waals surface area contributed by atoms with Crippen molar-refractivity contribution in [1.82, 2.24) is 0 Å². The number of furan rings is 1. The van der Waals surface area contributed by atoms with Crippen LogP contribution in [0.3, 0.4) is 0 Å². The summed E-state index contributed by atoms with van der Waals surface area (Å²) in [6.07, 6.45) is 1.09. The molecule has 0 radical (unpaired) electrons. The zero-order valence-electron chi connectivity index (χ0n) is 10.6. The predicted molar refractivity (Wildman–Crippen MR) is 69.1 cm³/mol. The van der Waals surface area contributed by atoms with Crippen LogP contribution >= 0.6 is 0 Å². The summed E-state index contributed by atoms with van der Waals surface area (Å²) in [5.74, 6) is 2.07. The van der Waals surface area contributed by atoms with Gasteiger partial charge in [-0.3, -0.25) is 4.79 Å². The maximum absolute atomic E-state index is 11.5. The number of ketones is 1. The van der Waals surface area contributed by atoms with Crippen molar-refractivity contribution in [2.75, 3.05) is 7.11 Å². The van der Waals surface area contributed by atoms with Gasteiger partial charge in [-0.2, -0.15) is 0 Å². The lowest BCUT2D eigenvalue weighted by Crippen LogP contribution is -1.94. The van der Waals surface area contributed by atoms with E-state index in [1.165, 1.54) is 0 Å². The Kier molecular flexibility index (Phi) is 3.82. The summed E-state index contributed by atoms with van der Waals surface area (Å²) in [6, 6.07) is 11.4. The van der Waals surface area contributed by atoms with Gasteiger partial charge in [0.25, 0.3) is 0 Å². The third kappa shape index (κ3) is 2.62. The zero-order chi connectivity index (χ0) is 13.0. The Morgan fingerprint density at radius 1 is 1.22 bits per heavy atom. The fraction of sp³-hybridized carbons (Fsp3) is 0.267. The number of hydrogen-bond donors (Lipinski definition) is 0. The number of Topliss-reactive ketones (excluding diaryl/α,β-unsaturated/α-hetero) is 1. The van der Waals surface area contributed by atoms with E-state index >= 15 is 0 Å². The van der Waals surface area contributed by atoms with Crippen LogP contribution < -0.4 is 4.74 Å². The minimum Gasteiger partial charge on any atom is -0.496 e. The van der Waals surface area contributed by atoms with E-state index in [4.69, 9.17) is 9.15 Å². The summed E-state index contributed by atoms with van der Waals surface area (Å²) in [6.45, 7) is 1.82. The van der Waals surface area contributed by atoms with Gasteiger partial charge < -0.3 is 9.15 Å². The quantitative estimate of drug-likeness (QED) is 0.756. The molecule has 0 unspecified atom stereocenters. The molecule has 0 N–H and O–H groups in total. The number of benzene rings is 1. The van der Waals surface area contributed by atoms with Crippen LogP contribution in [0.4, 0.5) is 0 Å². The van der Waals surface area contributed by atoms with Crippen molar-refractivity contribution >= 4 is 5.78 Å². The van der Waals surface area contributed by atoms with Gasteiger partial charge >= 0.3 is 0 Å². The molecular formula is C15H16O3. The highest BCUT2D eigenvalue weighted by molar-refractivity contribution is 5.93. The number of rotatable bonds is 5. The van der Waals surface area contributed by atoms with E-state index in [0.717, 1.165) is 17.1 Å². The minimum absolute atomic E-state index is 0.0290. The van der Waals surface area contributed by atoms with Gasteiger partial charge in [0.15, 0.2) is 11.5 Å². The van der Waals surface area contributed by atoms with Crippen molar-refractivity contribution in [3.8, 4) is 5.75 Å². The highest BCUT2D eigenvalue weighted by Crippen LogP contribution is 2.22. The van der Waals surface area contributed by atoms with Gasteiger partial charge in [0.05, 0.1) is 7.11 Å². The van der Waals surface area contributed by atoms with Crippen LogP contribution in [0.1, 0.15) is 35.2 Å². The first kappa shape index (κ1) is 12.4. The molecule has 1 aromatic carbocycles. The number of carbonyl (C=O) groups is 1. The van der Waals surface area contributed by atoms with Gasteiger partial charge in [0.1, 0.15) is 11.5 Å². The first-order valence-electron chi connectivity index (χ1n) is 5.98. The molecule has 2 aromatic rings. The number of hydrogen-bond acceptors (Lipinski definition) is 3. The Labute approximate surface area is 106 Å². The second-order valence-electron chi connectivity index (χ2n) is 4.03. The van der Waals surface area contributed by atoms with Crippen molar-refractivity contribution in [3.63, 3.8) is 0 Å². The molecular weight excluding hydrogens is 228 g/mol. The molecule has 1 heterocycles. The van der Waals surface area contributed by atoms with Crippen LogP contribution in [0.5, 0.6) is 5.75 Å². The van der Waals surface area contributed by atoms with Crippen LogP contribution in [0.25, 0.3) is 0 Å². The third-order valence-electron chi connectivity index (χ3n) is 2.81. The lowest BCUT2D eigenvalue weighted by atomic mass is 10.1. The highest BCUT2D eigenvalue weighted by atomic mass is 16.5.